The summed E-state index contributed by atoms with van der Waals surface area (Å²) >= 11 is 0. The molecule has 5 heteroatoms. The van der Waals surface area contributed by atoms with Gasteiger partial charge < -0.3 is 9.21 Å². The van der Waals surface area contributed by atoms with Crippen LogP contribution in [-0.2, 0) is 4.79 Å². The van der Waals surface area contributed by atoms with E-state index in [1.165, 1.54) is 6.26 Å². The zero-order valence-electron chi connectivity index (χ0n) is 8.04. The summed E-state index contributed by atoms with van der Waals surface area (Å²) in [4.78, 5) is 20.1. The summed E-state index contributed by atoms with van der Waals surface area (Å²) in [5, 5.41) is 10.3. The Morgan fingerprint density at radius 1 is 1.60 bits per heavy atom. The number of hydrogen-bond acceptors (Lipinski definition) is 4. The highest BCUT2D eigenvalue weighted by molar-refractivity contribution is 5.51. The molecule has 1 aromatic heterocycles. The monoisotopic (exact) mass is 209 g/mol. The van der Waals surface area contributed by atoms with E-state index in [1.54, 1.807) is 24.3 Å². The van der Waals surface area contributed by atoms with Crippen LogP contribution in [0.5, 0.6) is 0 Å². The third-order valence-corrected chi connectivity index (χ3v) is 1.86. The van der Waals surface area contributed by atoms with Gasteiger partial charge in [-0.15, -0.1) is 0 Å². The molecule has 0 fully saturated rings. The SMILES string of the molecule is O=CC[C@@H](/C=C/c1ccco1)C[N+](=O)[O-]. The summed E-state index contributed by atoms with van der Waals surface area (Å²) in [6, 6.07) is 3.46. The lowest BCUT2D eigenvalue weighted by molar-refractivity contribution is -0.485. The Kier molecular flexibility index (Phi) is 4.28. The van der Waals surface area contributed by atoms with Gasteiger partial charge in [0.2, 0.25) is 6.54 Å². The second kappa shape index (κ2) is 5.74. The zero-order valence-corrected chi connectivity index (χ0v) is 8.04. The maximum Gasteiger partial charge on any atom is 0.210 e. The van der Waals surface area contributed by atoms with Gasteiger partial charge in [0.15, 0.2) is 0 Å². The summed E-state index contributed by atoms with van der Waals surface area (Å²) in [5.74, 6) is 0.247. The van der Waals surface area contributed by atoms with Gasteiger partial charge in [-0.1, -0.05) is 6.08 Å². The Bertz CT molecular complexity index is 342. The molecule has 1 aromatic rings. The first-order valence-electron chi connectivity index (χ1n) is 4.49. The van der Waals surface area contributed by atoms with Crippen molar-refractivity contribution >= 4 is 12.4 Å². The molecule has 0 aliphatic rings. The summed E-state index contributed by atoms with van der Waals surface area (Å²) in [6.45, 7) is -0.240. The molecule has 0 spiro atoms. The van der Waals surface area contributed by atoms with Crippen LogP contribution in [0.4, 0.5) is 0 Å². The Morgan fingerprint density at radius 3 is 2.93 bits per heavy atom. The van der Waals surface area contributed by atoms with E-state index in [0.29, 0.717) is 12.0 Å². The van der Waals surface area contributed by atoms with E-state index in [4.69, 9.17) is 4.42 Å². The number of rotatable bonds is 6. The van der Waals surface area contributed by atoms with Crippen LogP contribution in [-0.4, -0.2) is 17.8 Å². The van der Waals surface area contributed by atoms with Gasteiger partial charge in [0.25, 0.3) is 0 Å². The fraction of sp³-hybridized carbons (Fsp3) is 0.300. The van der Waals surface area contributed by atoms with Crippen LogP contribution in [0.1, 0.15) is 12.2 Å². The Balaban J connectivity index is 2.57. The number of nitro groups is 1. The zero-order chi connectivity index (χ0) is 11.1. The smallest absolute Gasteiger partial charge is 0.210 e. The quantitative estimate of drug-likeness (QED) is 0.406. The highest BCUT2D eigenvalue weighted by atomic mass is 16.6. The summed E-state index contributed by atoms with van der Waals surface area (Å²) in [6.07, 6.45) is 5.61. The van der Waals surface area contributed by atoms with Gasteiger partial charge in [0.05, 0.1) is 6.26 Å². The van der Waals surface area contributed by atoms with Crippen molar-refractivity contribution < 1.29 is 14.1 Å². The van der Waals surface area contributed by atoms with Crippen LogP contribution < -0.4 is 0 Å². The standard InChI is InChI=1S/C10H11NO4/c12-6-5-9(8-11(13)14)3-4-10-2-1-7-15-10/h1-4,6-7,9H,5,8H2/b4-3+/t9-/m1/s1. The normalized spacial score (nSPS) is 12.8. The molecule has 5 nitrogen and oxygen atoms in total. The molecule has 0 saturated heterocycles. The van der Waals surface area contributed by atoms with Crippen molar-refractivity contribution in [2.24, 2.45) is 5.92 Å². The van der Waals surface area contributed by atoms with Gasteiger partial charge in [0.1, 0.15) is 12.0 Å². The van der Waals surface area contributed by atoms with E-state index >= 15 is 0 Å². The third kappa shape index (κ3) is 4.21. The molecule has 0 aliphatic heterocycles. The highest BCUT2D eigenvalue weighted by Crippen LogP contribution is 2.09. The van der Waals surface area contributed by atoms with E-state index in [0.717, 1.165) is 0 Å². The van der Waals surface area contributed by atoms with Gasteiger partial charge in [0, 0.05) is 17.3 Å². The van der Waals surface area contributed by atoms with Crippen molar-refractivity contribution in [3.05, 3.63) is 40.3 Å². The number of carbonyl (C=O) groups is 1. The van der Waals surface area contributed by atoms with Crippen molar-refractivity contribution in [2.45, 2.75) is 6.42 Å². The maximum absolute atomic E-state index is 10.3. The average Bonchev–Trinajstić information content (AvgIpc) is 2.66. The predicted octanol–water partition coefficient (Wildman–Crippen LogP) is 1.77. The number of nitrogens with zero attached hydrogens (tertiary/aromatic N) is 1. The van der Waals surface area contributed by atoms with E-state index in [2.05, 4.69) is 0 Å². The summed E-state index contributed by atoms with van der Waals surface area (Å²) in [7, 11) is 0. The minimum absolute atomic E-state index is 0.151. The van der Waals surface area contributed by atoms with Crippen LogP contribution >= 0.6 is 0 Å². The molecule has 0 aliphatic carbocycles. The molecule has 0 bridgehead atoms. The summed E-state index contributed by atoms with van der Waals surface area (Å²) in [5.41, 5.74) is 0. The number of aldehydes is 1. The van der Waals surface area contributed by atoms with E-state index in [-0.39, 0.29) is 18.9 Å². The number of furan rings is 1. The van der Waals surface area contributed by atoms with Crippen molar-refractivity contribution in [1.29, 1.82) is 0 Å². The van der Waals surface area contributed by atoms with Gasteiger partial charge >= 0.3 is 0 Å². The average molecular weight is 209 g/mol. The van der Waals surface area contributed by atoms with Crippen molar-refractivity contribution in [3.8, 4) is 0 Å². The Labute approximate surface area is 86.5 Å². The molecule has 0 aromatic carbocycles. The van der Waals surface area contributed by atoms with Gasteiger partial charge in [-0.2, -0.15) is 0 Å². The Hall–Kier alpha value is -1.91. The maximum atomic E-state index is 10.3. The topological polar surface area (TPSA) is 73.3 Å². The minimum atomic E-state index is -0.430. The van der Waals surface area contributed by atoms with Crippen LogP contribution in [0.2, 0.25) is 0 Å². The van der Waals surface area contributed by atoms with Crippen LogP contribution in [0, 0.1) is 16.0 Å². The lowest BCUT2D eigenvalue weighted by atomic mass is 10.1. The second-order valence-corrected chi connectivity index (χ2v) is 3.05. The molecule has 1 rings (SSSR count). The first-order chi connectivity index (χ1) is 7.22. The molecule has 80 valence electrons. The molecule has 0 amide bonds. The number of carbonyl (C=O) groups excluding carboxylic acids is 1. The first kappa shape index (κ1) is 11.2. The lowest BCUT2D eigenvalue weighted by Gasteiger charge is -2.01. The lowest BCUT2D eigenvalue weighted by Crippen LogP contribution is -2.12. The fourth-order valence-corrected chi connectivity index (χ4v) is 1.15. The van der Waals surface area contributed by atoms with Gasteiger partial charge in [-0.3, -0.25) is 10.1 Å². The largest absolute Gasteiger partial charge is 0.465 e. The van der Waals surface area contributed by atoms with Gasteiger partial charge in [-0.25, -0.2) is 0 Å². The predicted molar refractivity (Wildman–Crippen MR) is 53.8 cm³/mol. The van der Waals surface area contributed by atoms with Crippen molar-refractivity contribution in [1.82, 2.24) is 0 Å². The molecule has 1 heterocycles. The van der Waals surface area contributed by atoms with Crippen LogP contribution in [0.15, 0.2) is 28.9 Å². The molecule has 0 unspecified atom stereocenters. The van der Waals surface area contributed by atoms with Crippen LogP contribution in [0.25, 0.3) is 6.08 Å². The first-order valence-corrected chi connectivity index (χ1v) is 4.49. The Morgan fingerprint density at radius 2 is 2.40 bits per heavy atom. The molecule has 0 radical (unpaired) electrons. The fourth-order valence-electron chi connectivity index (χ4n) is 1.15. The van der Waals surface area contributed by atoms with E-state index in [9.17, 15) is 14.9 Å². The minimum Gasteiger partial charge on any atom is -0.465 e. The van der Waals surface area contributed by atoms with Crippen LogP contribution in [0.3, 0.4) is 0 Å². The van der Waals surface area contributed by atoms with E-state index in [1.807, 2.05) is 0 Å². The highest BCUT2D eigenvalue weighted by Gasteiger charge is 2.11. The second-order valence-electron chi connectivity index (χ2n) is 3.05. The van der Waals surface area contributed by atoms with Crippen molar-refractivity contribution in [2.75, 3.05) is 6.54 Å². The number of hydrogen-bond donors (Lipinski definition) is 0. The van der Waals surface area contributed by atoms with Crippen molar-refractivity contribution in [3.63, 3.8) is 0 Å². The third-order valence-electron chi connectivity index (χ3n) is 1.86. The van der Waals surface area contributed by atoms with E-state index < -0.39 is 4.92 Å². The molecule has 15 heavy (non-hydrogen) atoms. The molecule has 0 saturated carbocycles. The molecule has 0 N–H and O–H groups in total. The molecular weight excluding hydrogens is 198 g/mol. The molecule has 1 atom stereocenters. The summed E-state index contributed by atoms with van der Waals surface area (Å²) < 4.78 is 5.02. The molecular formula is C10H11NO4. The van der Waals surface area contributed by atoms with Gasteiger partial charge in [-0.05, 0) is 18.2 Å².